The van der Waals surface area contributed by atoms with Crippen LogP contribution in [0.15, 0.2) is 23.1 Å². The second-order valence-corrected chi connectivity index (χ2v) is 7.01. The van der Waals surface area contributed by atoms with Crippen LogP contribution in [-0.2, 0) is 14.8 Å². The van der Waals surface area contributed by atoms with Crippen LogP contribution in [0.1, 0.15) is 19.8 Å². The largest absolute Gasteiger partial charge is 0.376 e. The molecule has 1 aliphatic heterocycles. The molecule has 0 bridgehead atoms. The molecule has 0 radical (unpaired) electrons. The lowest BCUT2D eigenvalue weighted by molar-refractivity contribution is -0.384. The van der Waals surface area contributed by atoms with Gasteiger partial charge in [-0.15, -0.1) is 0 Å². The molecular weight excluding hydrogens is 310 g/mol. The highest BCUT2D eigenvalue weighted by atomic mass is 32.2. The highest BCUT2D eigenvalue weighted by Crippen LogP contribution is 2.29. The van der Waals surface area contributed by atoms with Crippen LogP contribution in [-0.4, -0.2) is 39.1 Å². The third-order valence-corrected chi connectivity index (χ3v) is 5.06. The van der Waals surface area contributed by atoms with E-state index >= 15 is 0 Å². The number of ether oxygens (including phenoxy) is 1. The summed E-state index contributed by atoms with van der Waals surface area (Å²) < 4.78 is 31.2. The van der Waals surface area contributed by atoms with Crippen LogP contribution in [0.4, 0.5) is 11.4 Å². The number of nitro benzene ring substituents is 1. The maximum atomic E-state index is 11.7. The summed E-state index contributed by atoms with van der Waals surface area (Å²) in [7, 11) is -2.47. The van der Waals surface area contributed by atoms with Crippen molar-refractivity contribution in [2.45, 2.75) is 36.8 Å². The number of sulfonamides is 1. The fourth-order valence-electron chi connectivity index (χ4n) is 2.40. The molecule has 22 heavy (non-hydrogen) atoms. The molecule has 8 nitrogen and oxygen atoms in total. The first kappa shape index (κ1) is 16.7. The minimum Gasteiger partial charge on any atom is -0.376 e. The summed E-state index contributed by atoms with van der Waals surface area (Å²) in [5.74, 6) is 0. The van der Waals surface area contributed by atoms with Crippen molar-refractivity contribution in [1.29, 1.82) is 0 Å². The molecule has 1 aromatic carbocycles. The fourth-order valence-corrected chi connectivity index (χ4v) is 3.15. The van der Waals surface area contributed by atoms with E-state index in [0.29, 0.717) is 6.61 Å². The van der Waals surface area contributed by atoms with Gasteiger partial charge in [-0.25, -0.2) is 13.1 Å². The number of anilines is 1. The zero-order chi connectivity index (χ0) is 16.3. The van der Waals surface area contributed by atoms with Crippen molar-refractivity contribution >= 4 is 21.4 Å². The maximum absolute atomic E-state index is 11.7. The molecule has 9 heteroatoms. The number of hydrogen-bond acceptors (Lipinski definition) is 6. The number of nitrogens with one attached hydrogen (secondary N) is 2. The molecule has 0 aromatic heterocycles. The van der Waals surface area contributed by atoms with Crippen LogP contribution in [0.25, 0.3) is 0 Å². The monoisotopic (exact) mass is 329 g/mol. The highest BCUT2D eigenvalue weighted by Gasteiger charge is 2.26. The third kappa shape index (κ3) is 3.54. The lowest BCUT2D eigenvalue weighted by atomic mass is 10.1. The number of nitro groups is 1. The second kappa shape index (κ2) is 6.59. The lowest BCUT2D eigenvalue weighted by Crippen LogP contribution is -2.30. The van der Waals surface area contributed by atoms with Gasteiger partial charge in [0.15, 0.2) is 0 Å². The van der Waals surface area contributed by atoms with Gasteiger partial charge < -0.3 is 10.1 Å². The van der Waals surface area contributed by atoms with E-state index < -0.39 is 14.9 Å². The van der Waals surface area contributed by atoms with Crippen LogP contribution >= 0.6 is 0 Å². The zero-order valence-electron chi connectivity index (χ0n) is 12.4. The van der Waals surface area contributed by atoms with E-state index in [1.54, 1.807) is 0 Å². The molecule has 2 N–H and O–H groups in total. The SMILES string of the molecule is CNS(=O)(=O)c1ccc(NC(C)C2CCCO2)c([N+](=O)[O-])c1. The Morgan fingerprint density at radius 3 is 2.73 bits per heavy atom. The number of nitrogens with zero attached hydrogens (tertiary/aromatic N) is 1. The molecule has 0 spiro atoms. The minimum absolute atomic E-state index is 0.000298. The van der Waals surface area contributed by atoms with Crippen molar-refractivity contribution in [3.8, 4) is 0 Å². The van der Waals surface area contributed by atoms with Gasteiger partial charge in [0.05, 0.1) is 15.9 Å². The average Bonchev–Trinajstić information content (AvgIpc) is 3.01. The van der Waals surface area contributed by atoms with Crippen LogP contribution in [0.2, 0.25) is 0 Å². The van der Waals surface area contributed by atoms with Gasteiger partial charge in [-0.05, 0) is 38.9 Å². The van der Waals surface area contributed by atoms with Crippen molar-refractivity contribution in [2.24, 2.45) is 0 Å². The van der Waals surface area contributed by atoms with Gasteiger partial charge in [0.1, 0.15) is 5.69 Å². The maximum Gasteiger partial charge on any atom is 0.293 e. The summed E-state index contributed by atoms with van der Waals surface area (Å²) in [4.78, 5) is 10.5. The zero-order valence-corrected chi connectivity index (χ0v) is 13.2. The molecule has 0 amide bonds. The summed E-state index contributed by atoms with van der Waals surface area (Å²) in [6.45, 7) is 2.58. The van der Waals surface area contributed by atoms with E-state index in [-0.39, 0.29) is 28.4 Å². The summed E-state index contributed by atoms with van der Waals surface area (Å²) in [5.41, 5.74) is 0.00391. The van der Waals surface area contributed by atoms with Crippen molar-refractivity contribution < 1.29 is 18.1 Å². The van der Waals surface area contributed by atoms with Crippen LogP contribution in [0.5, 0.6) is 0 Å². The van der Waals surface area contributed by atoms with Crippen molar-refractivity contribution in [3.63, 3.8) is 0 Å². The Hall–Kier alpha value is -1.71. The molecule has 1 saturated heterocycles. The van der Waals surface area contributed by atoms with Gasteiger partial charge in [0, 0.05) is 18.7 Å². The summed E-state index contributed by atoms with van der Waals surface area (Å²) in [5, 5.41) is 14.3. The summed E-state index contributed by atoms with van der Waals surface area (Å²) in [6, 6.07) is 3.70. The molecule has 1 aliphatic rings. The van der Waals surface area contributed by atoms with Crippen molar-refractivity contribution in [3.05, 3.63) is 28.3 Å². The van der Waals surface area contributed by atoms with E-state index in [9.17, 15) is 18.5 Å². The van der Waals surface area contributed by atoms with Crippen LogP contribution in [0, 0.1) is 10.1 Å². The Bertz CT molecular complexity index is 656. The molecule has 2 rings (SSSR count). The molecule has 2 unspecified atom stereocenters. The van der Waals surface area contributed by atoms with Crippen molar-refractivity contribution in [2.75, 3.05) is 19.0 Å². The quantitative estimate of drug-likeness (QED) is 0.604. The van der Waals surface area contributed by atoms with Crippen molar-refractivity contribution in [1.82, 2.24) is 4.72 Å². The number of rotatable bonds is 6. The first-order chi connectivity index (χ1) is 10.3. The van der Waals surface area contributed by atoms with E-state index in [4.69, 9.17) is 4.74 Å². The molecule has 1 aromatic rings. The summed E-state index contributed by atoms with van der Waals surface area (Å²) >= 11 is 0. The number of benzene rings is 1. The van der Waals surface area contributed by atoms with E-state index in [0.717, 1.165) is 18.9 Å². The lowest BCUT2D eigenvalue weighted by Gasteiger charge is -2.21. The third-order valence-electron chi connectivity index (χ3n) is 3.65. The Morgan fingerprint density at radius 2 is 2.18 bits per heavy atom. The predicted octanol–water partition coefficient (Wildman–Crippen LogP) is 1.48. The van der Waals surface area contributed by atoms with E-state index in [2.05, 4.69) is 10.0 Å². The second-order valence-electron chi connectivity index (χ2n) is 5.13. The highest BCUT2D eigenvalue weighted by molar-refractivity contribution is 7.89. The Balaban J connectivity index is 2.29. The first-order valence-electron chi connectivity index (χ1n) is 6.95. The topological polar surface area (TPSA) is 111 Å². The van der Waals surface area contributed by atoms with E-state index in [1.165, 1.54) is 19.2 Å². The standard InChI is InChI=1S/C13H19N3O5S/c1-9(13-4-3-7-21-13)15-11-6-5-10(22(19,20)14-2)8-12(11)16(17)18/h5-6,8-9,13-15H,3-4,7H2,1-2H3. The summed E-state index contributed by atoms with van der Waals surface area (Å²) in [6.07, 6.45) is 1.87. The van der Waals surface area contributed by atoms with Gasteiger partial charge in [0.25, 0.3) is 5.69 Å². The minimum atomic E-state index is -3.72. The van der Waals surface area contributed by atoms with Gasteiger partial charge in [-0.3, -0.25) is 10.1 Å². The van der Waals surface area contributed by atoms with Gasteiger partial charge in [-0.1, -0.05) is 0 Å². The smallest absolute Gasteiger partial charge is 0.293 e. The van der Waals surface area contributed by atoms with Crippen LogP contribution in [0.3, 0.4) is 0 Å². The molecule has 2 atom stereocenters. The Kier molecular flexibility index (Phi) is 4.99. The van der Waals surface area contributed by atoms with Gasteiger partial charge in [-0.2, -0.15) is 0 Å². The Morgan fingerprint density at radius 1 is 1.45 bits per heavy atom. The number of hydrogen-bond donors (Lipinski definition) is 2. The average molecular weight is 329 g/mol. The van der Waals surface area contributed by atoms with E-state index in [1.807, 2.05) is 6.92 Å². The molecular formula is C13H19N3O5S. The normalized spacial score (nSPS) is 19.8. The molecule has 122 valence electrons. The molecule has 1 heterocycles. The van der Waals surface area contributed by atoms with Gasteiger partial charge >= 0.3 is 0 Å². The molecule has 0 aliphatic carbocycles. The molecule has 0 saturated carbocycles. The molecule has 1 fully saturated rings. The van der Waals surface area contributed by atoms with Gasteiger partial charge in [0.2, 0.25) is 10.0 Å². The fraction of sp³-hybridized carbons (Fsp3) is 0.538. The first-order valence-corrected chi connectivity index (χ1v) is 8.43. The predicted molar refractivity (Wildman–Crippen MR) is 81.4 cm³/mol. The van der Waals surface area contributed by atoms with Crippen LogP contribution < -0.4 is 10.0 Å². The Labute approximate surface area is 129 Å².